The lowest BCUT2D eigenvalue weighted by molar-refractivity contribution is 0.174. The lowest BCUT2D eigenvalue weighted by atomic mass is 10.1. The Balaban J connectivity index is 2.06. The highest BCUT2D eigenvalue weighted by atomic mass is 79.9. The fourth-order valence-corrected chi connectivity index (χ4v) is 2.15. The molecular weight excluding hydrogens is 286 g/mol. The number of aliphatic hydroxyl groups excluding tert-OH is 1. The number of hydrogen-bond donors (Lipinski definition) is 2. The molecule has 1 atom stereocenters. The molecule has 94 valence electrons. The second-order valence-electron chi connectivity index (χ2n) is 3.97. The molecule has 0 bridgehead atoms. The molecule has 0 spiro atoms. The second-order valence-corrected chi connectivity index (χ2v) is 4.82. The Labute approximate surface area is 109 Å². The molecule has 0 saturated carbocycles. The third kappa shape index (κ3) is 2.91. The van der Waals surface area contributed by atoms with Crippen molar-refractivity contribution in [2.24, 2.45) is 0 Å². The van der Waals surface area contributed by atoms with Gasteiger partial charge in [-0.05, 0) is 24.1 Å². The molecule has 0 aromatic heterocycles. The van der Waals surface area contributed by atoms with Gasteiger partial charge in [0, 0.05) is 17.1 Å². The van der Waals surface area contributed by atoms with Crippen molar-refractivity contribution in [1.82, 2.24) is 5.32 Å². The predicted molar refractivity (Wildman–Crippen MR) is 68.3 cm³/mol. The van der Waals surface area contributed by atoms with Gasteiger partial charge in [0.05, 0.1) is 6.61 Å². The van der Waals surface area contributed by atoms with Crippen LogP contribution < -0.4 is 14.8 Å². The van der Waals surface area contributed by atoms with Crippen LogP contribution in [0.4, 0.5) is 0 Å². The number of hydrogen-bond acceptors (Lipinski definition) is 4. The van der Waals surface area contributed by atoms with E-state index in [1.54, 1.807) is 0 Å². The smallest absolute Gasteiger partial charge is 0.231 e. The summed E-state index contributed by atoms with van der Waals surface area (Å²) in [5.41, 5.74) is 1.10. The van der Waals surface area contributed by atoms with Crippen LogP contribution in [0.15, 0.2) is 16.6 Å². The lowest BCUT2D eigenvalue weighted by Gasteiger charge is -2.15. The van der Waals surface area contributed by atoms with Crippen LogP contribution in [-0.4, -0.2) is 24.5 Å². The van der Waals surface area contributed by atoms with E-state index in [1.807, 2.05) is 19.1 Å². The largest absolute Gasteiger partial charge is 0.454 e. The van der Waals surface area contributed by atoms with E-state index in [-0.39, 0.29) is 19.4 Å². The van der Waals surface area contributed by atoms with E-state index in [2.05, 4.69) is 21.2 Å². The van der Waals surface area contributed by atoms with E-state index in [9.17, 15) is 0 Å². The molecular formula is C12H16BrNO3. The minimum absolute atomic E-state index is 0.132. The van der Waals surface area contributed by atoms with Crippen LogP contribution in [0, 0.1) is 0 Å². The number of benzene rings is 1. The first-order valence-corrected chi connectivity index (χ1v) is 6.46. The van der Waals surface area contributed by atoms with Crippen molar-refractivity contribution in [1.29, 1.82) is 0 Å². The number of rotatable bonds is 5. The summed E-state index contributed by atoms with van der Waals surface area (Å²) in [4.78, 5) is 0. The number of aliphatic hydroxyl groups is 1. The van der Waals surface area contributed by atoms with Crippen LogP contribution >= 0.6 is 15.9 Å². The van der Waals surface area contributed by atoms with Crippen LogP contribution in [0.5, 0.6) is 11.5 Å². The van der Waals surface area contributed by atoms with E-state index in [0.29, 0.717) is 6.54 Å². The normalized spacial score (nSPS) is 15.0. The summed E-state index contributed by atoms with van der Waals surface area (Å²) in [5.74, 6) is 1.55. The molecule has 0 radical (unpaired) electrons. The average molecular weight is 302 g/mol. The van der Waals surface area contributed by atoms with E-state index >= 15 is 0 Å². The molecule has 17 heavy (non-hydrogen) atoms. The van der Waals surface area contributed by atoms with Gasteiger partial charge in [-0.1, -0.05) is 22.9 Å². The molecule has 0 amide bonds. The fraction of sp³-hybridized carbons (Fsp3) is 0.500. The van der Waals surface area contributed by atoms with Gasteiger partial charge in [0.15, 0.2) is 11.5 Å². The quantitative estimate of drug-likeness (QED) is 0.874. The number of ether oxygens (including phenoxy) is 2. The number of halogens is 1. The molecule has 0 saturated heterocycles. The molecule has 0 unspecified atom stereocenters. The van der Waals surface area contributed by atoms with E-state index < -0.39 is 0 Å². The fourth-order valence-electron chi connectivity index (χ4n) is 1.69. The highest BCUT2D eigenvalue weighted by molar-refractivity contribution is 9.10. The summed E-state index contributed by atoms with van der Waals surface area (Å²) < 4.78 is 11.6. The molecule has 4 nitrogen and oxygen atoms in total. The van der Waals surface area contributed by atoms with Crippen molar-refractivity contribution >= 4 is 15.9 Å². The van der Waals surface area contributed by atoms with E-state index in [0.717, 1.165) is 28.0 Å². The Bertz CT molecular complexity index is 394. The highest BCUT2D eigenvalue weighted by Crippen LogP contribution is 2.36. The van der Waals surface area contributed by atoms with Gasteiger partial charge in [-0.15, -0.1) is 0 Å². The van der Waals surface area contributed by atoms with Crippen LogP contribution in [0.3, 0.4) is 0 Å². The SMILES string of the molecule is CC[C@@H](CO)NCc1cc2c(cc1Br)OCO2. The first kappa shape index (κ1) is 12.7. The molecule has 1 aromatic carbocycles. The van der Waals surface area contributed by atoms with Crippen LogP contribution in [0.25, 0.3) is 0 Å². The summed E-state index contributed by atoms with van der Waals surface area (Å²) >= 11 is 3.51. The molecule has 5 heteroatoms. The van der Waals surface area contributed by atoms with Crippen LogP contribution in [0.2, 0.25) is 0 Å². The second kappa shape index (κ2) is 5.71. The summed E-state index contributed by atoms with van der Waals surface area (Å²) in [6.07, 6.45) is 0.901. The molecule has 0 aliphatic carbocycles. The van der Waals surface area contributed by atoms with Crippen molar-refractivity contribution in [2.75, 3.05) is 13.4 Å². The maximum atomic E-state index is 9.11. The van der Waals surface area contributed by atoms with Gasteiger partial charge in [-0.3, -0.25) is 0 Å². The lowest BCUT2D eigenvalue weighted by Crippen LogP contribution is -2.31. The summed E-state index contributed by atoms with van der Waals surface area (Å²) in [5, 5.41) is 12.4. The number of fused-ring (bicyclic) bond motifs is 1. The topological polar surface area (TPSA) is 50.7 Å². The molecule has 1 heterocycles. The zero-order chi connectivity index (χ0) is 12.3. The van der Waals surface area contributed by atoms with Crippen molar-refractivity contribution in [2.45, 2.75) is 25.9 Å². The van der Waals surface area contributed by atoms with Crippen molar-refractivity contribution in [3.05, 3.63) is 22.2 Å². The Morgan fingerprint density at radius 2 is 2.12 bits per heavy atom. The monoisotopic (exact) mass is 301 g/mol. The van der Waals surface area contributed by atoms with Gasteiger partial charge < -0.3 is 19.9 Å². The predicted octanol–water partition coefficient (Wildman–Crippen LogP) is 2.04. The summed E-state index contributed by atoms with van der Waals surface area (Å²) in [7, 11) is 0. The van der Waals surface area contributed by atoms with Gasteiger partial charge in [-0.25, -0.2) is 0 Å². The zero-order valence-electron chi connectivity index (χ0n) is 9.70. The van der Waals surface area contributed by atoms with Gasteiger partial charge in [0.2, 0.25) is 6.79 Å². The van der Waals surface area contributed by atoms with E-state index in [4.69, 9.17) is 14.6 Å². The minimum Gasteiger partial charge on any atom is -0.454 e. The molecule has 1 aromatic rings. The van der Waals surface area contributed by atoms with Crippen LogP contribution in [-0.2, 0) is 6.54 Å². The van der Waals surface area contributed by atoms with Crippen molar-refractivity contribution in [3.63, 3.8) is 0 Å². The number of nitrogens with one attached hydrogen (secondary N) is 1. The standard InChI is InChI=1S/C12H16BrNO3/c1-2-9(6-15)14-5-8-3-11-12(4-10(8)13)17-7-16-11/h3-4,9,14-15H,2,5-7H2,1H3/t9-/m0/s1. The third-order valence-corrected chi connectivity index (χ3v) is 3.57. The van der Waals surface area contributed by atoms with Crippen molar-refractivity contribution in [3.8, 4) is 11.5 Å². The van der Waals surface area contributed by atoms with Gasteiger partial charge in [0.25, 0.3) is 0 Å². The van der Waals surface area contributed by atoms with Crippen LogP contribution in [0.1, 0.15) is 18.9 Å². The first-order valence-electron chi connectivity index (χ1n) is 5.66. The Morgan fingerprint density at radius 3 is 2.76 bits per heavy atom. The van der Waals surface area contributed by atoms with Gasteiger partial charge in [-0.2, -0.15) is 0 Å². The maximum Gasteiger partial charge on any atom is 0.231 e. The maximum absolute atomic E-state index is 9.11. The first-order chi connectivity index (χ1) is 8.24. The highest BCUT2D eigenvalue weighted by Gasteiger charge is 2.16. The third-order valence-electron chi connectivity index (χ3n) is 2.84. The summed E-state index contributed by atoms with van der Waals surface area (Å²) in [6, 6.07) is 4.01. The Hall–Kier alpha value is -0.780. The molecule has 2 rings (SSSR count). The Morgan fingerprint density at radius 1 is 1.41 bits per heavy atom. The van der Waals surface area contributed by atoms with E-state index in [1.165, 1.54) is 0 Å². The molecule has 0 fully saturated rings. The summed E-state index contributed by atoms with van der Waals surface area (Å²) in [6.45, 7) is 3.17. The van der Waals surface area contributed by atoms with Gasteiger partial charge >= 0.3 is 0 Å². The zero-order valence-corrected chi connectivity index (χ0v) is 11.3. The molecule has 2 N–H and O–H groups in total. The van der Waals surface area contributed by atoms with Crippen molar-refractivity contribution < 1.29 is 14.6 Å². The Kier molecular flexibility index (Phi) is 4.25. The van der Waals surface area contributed by atoms with Gasteiger partial charge in [0.1, 0.15) is 0 Å². The minimum atomic E-state index is 0.132. The average Bonchev–Trinajstić information content (AvgIpc) is 2.77. The molecule has 1 aliphatic heterocycles. The molecule has 1 aliphatic rings.